The van der Waals surface area contributed by atoms with Crippen molar-refractivity contribution in [3.63, 3.8) is 0 Å². The predicted molar refractivity (Wildman–Crippen MR) is 113 cm³/mol. The molecule has 0 aromatic heterocycles. The number of azo groups is 1. The Morgan fingerprint density at radius 3 is 1.86 bits per heavy atom. The summed E-state index contributed by atoms with van der Waals surface area (Å²) in [5.74, 6) is 1.28. The van der Waals surface area contributed by atoms with Gasteiger partial charge < -0.3 is 14.2 Å². The first-order valence-corrected chi connectivity index (χ1v) is 9.70. The van der Waals surface area contributed by atoms with Crippen LogP contribution in [0.5, 0.6) is 11.5 Å². The van der Waals surface area contributed by atoms with Crippen LogP contribution in [0, 0.1) is 0 Å². The summed E-state index contributed by atoms with van der Waals surface area (Å²) in [6.45, 7) is 6.30. The fourth-order valence-electron chi connectivity index (χ4n) is 2.41. The second-order valence-corrected chi connectivity index (χ2v) is 6.57. The molecule has 0 aliphatic rings. The van der Waals surface area contributed by atoms with Gasteiger partial charge in [0.25, 0.3) is 0 Å². The molecule has 0 spiro atoms. The number of nitrogens with zero attached hydrogens (tertiary/aromatic N) is 2. The Hall–Kier alpha value is -3.15. The molecule has 0 N–H and O–H groups in total. The van der Waals surface area contributed by atoms with Crippen LogP contribution in [0.15, 0.2) is 70.9 Å². The molecule has 0 fully saturated rings. The van der Waals surface area contributed by atoms with E-state index in [1.54, 1.807) is 14.0 Å². The number of methoxy groups -OCH3 is 1. The van der Waals surface area contributed by atoms with Gasteiger partial charge in [-0.3, -0.25) is 0 Å². The van der Waals surface area contributed by atoms with Crippen LogP contribution < -0.4 is 9.47 Å². The smallest absolute Gasteiger partial charge is 0.333 e. The van der Waals surface area contributed by atoms with Gasteiger partial charge in [0.2, 0.25) is 0 Å². The van der Waals surface area contributed by atoms with E-state index in [1.807, 2.05) is 48.5 Å². The summed E-state index contributed by atoms with van der Waals surface area (Å²) in [4.78, 5) is 11.2. The Kier molecular flexibility index (Phi) is 9.42. The summed E-state index contributed by atoms with van der Waals surface area (Å²) in [6.07, 6.45) is 3.83. The minimum atomic E-state index is -0.319. The predicted octanol–water partition coefficient (Wildman–Crippen LogP) is 6.17. The molecule has 0 unspecified atom stereocenters. The van der Waals surface area contributed by atoms with Crippen molar-refractivity contribution in [1.29, 1.82) is 0 Å². The van der Waals surface area contributed by atoms with Crippen molar-refractivity contribution in [2.45, 2.75) is 32.6 Å². The summed E-state index contributed by atoms with van der Waals surface area (Å²) in [5, 5.41) is 8.43. The second kappa shape index (κ2) is 12.3. The Morgan fingerprint density at radius 2 is 1.34 bits per heavy atom. The van der Waals surface area contributed by atoms with Crippen molar-refractivity contribution in [3.8, 4) is 11.5 Å². The lowest BCUT2D eigenvalue weighted by Crippen LogP contribution is -2.06. The number of esters is 1. The number of rotatable bonds is 12. The van der Waals surface area contributed by atoms with E-state index in [4.69, 9.17) is 14.2 Å². The zero-order chi connectivity index (χ0) is 20.9. The lowest BCUT2D eigenvalue weighted by Gasteiger charge is -2.07. The van der Waals surface area contributed by atoms with Gasteiger partial charge in [-0.25, -0.2) is 4.79 Å². The van der Waals surface area contributed by atoms with Crippen molar-refractivity contribution < 1.29 is 19.0 Å². The molecule has 0 aliphatic carbocycles. The minimum Gasteiger partial charge on any atom is -0.497 e. The Bertz CT molecular complexity index is 799. The highest BCUT2D eigenvalue weighted by Crippen LogP contribution is 2.23. The zero-order valence-corrected chi connectivity index (χ0v) is 17.1. The van der Waals surface area contributed by atoms with Crippen LogP contribution in [-0.2, 0) is 9.53 Å². The topological polar surface area (TPSA) is 69.5 Å². The molecular weight excluding hydrogens is 368 g/mol. The number of hydrogen-bond donors (Lipinski definition) is 0. The van der Waals surface area contributed by atoms with Gasteiger partial charge in [0.05, 0.1) is 31.7 Å². The first kappa shape index (κ1) is 22.1. The third-order valence-electron chi connectivity index (χ3n) is 4.08. The summed E-state index contributed by atoms with van der Waals surface area (Å²) in [7, 11) is 1.63. The summed E-state index contributed by atoms with van der Waals surface area (Å²) in [6, 6.07) is 14.9. The zero-order valence-electron chi connectivity index (χ0n) is 17.1. The SMILES string of the molecule is C=C(C)C(=O)OCCCCCCOc1ccc(/N=N/c2ccc(OC)cc2)cc1. The molecule has 6 nitrogen and oxygen atoms in total. The van der Waals surface area contributed by atoms with Crippen LogP contribution in [0.1, 0.15) is 32.6 Å². The Labute approximate surface area is 172 Å². The van der Waals surface area contributed by atoms with E-state index >= 15 is 0 Å². The van der Waals surface area contributed by atoms with E-state index in [1.165, 1.54) is 0 Å². The van der Waals surface area contributed by atoms with Crippen LogP contribution in [0.25, 0.3) is 0 Å². The van der Waals surface area contributed by atoms with Crippen LogP contribution in [-0.4, -0.2) is 26.3 Å². The number of carbonyl (C=O) groups is 1. The quantitative estimate of drug-likeness (QED) is 0.186. The van der Waals surface area contributed by atoms with E-state index in [0.29, 0.717) is 18.8 Å². The lowest BCUT2D eigenvalue weighted by atomic mass is 10.2. The van der Waals surface area contributed by atoms with Crippen molar-refractivity contribution >= 4 is 17.3 Å². The normalized spacial score (nSPS) is 10.7. The molecule has 0 amide bonds. The van der Waals surface area contributed by atoms with Gasteiger partial charge in [-0.05, 0) is 81.1 Å². The highest BCUT2D eigenvalue weighted by Gasteiger charge is 2.02. The monoisotopic (exact) mass is 396 g/mol. The van der Waals surface area contributed by atoms with Crippen LogP contribution >= 0.6 is 0 Å². The molecule has 0 saturated heterocycles. The fraction of sp³-hybridized carbons (Fsp3) is 0.348. The first-order chi connectivity index (χ1) is 14.1. The number of ether oxygens (including phenoxy) is 3. The molecule has 0 aliphatic heterocycles. The molecule has 2 aromatic rings. The van der Waals surface area contributed by atoms with Crippen LogP contribution in [0.3, 0.4) is 0 Å². The Balaban J connectivity index is 1.61. The van der Waals surface area contributed by atoms with Crippen LogP contribution in [0.2, 0.25) is 0 Å². The van der Waals surface area contributed by atoms with E-state index in [-0.39, 0.29) is 5.97 Å². The molecule has 29 heavy (non-hydrogen) atoms. The maximum Gasteiger partial charge on any atom is 0.333 e. The highest BCUT2D eigenvalue weighted by molar-refractivity contribution is 5.86. The Morgan fingerprint density at radius 1 is 0.828 bits per heavy atom. The van der Waals surface area contributed by atoms with Gasteiger partial charge in [-0.15, -0.1) is 0 Å². The van der Waals surface area contributed by atoms with Crippen molar-refractivity contribution in [1.82, 2.24) is 0 Å². The molecule has 2 rings (SSSR count). The molecule has 2 aromatic carbocycles. The van der Waals surface area contributed by atoms with Gasteiger partial charge in [0.15, 0.2) is 0 Å². The van der Waals surface area contributed by atoms with Gasteiger partial charge in [0.1, 0.15) is 11.5 Å². The van der Waals surface area contributed by atoms with E-state index in [0.717, 1.165) is 48.6 Å². The molecule has 0 bridgehead atoms. The number of hydrogen-bond acceptors (Lipinski definition) is 6. The van der Waals surface area contributed by atoms with E-state index < -0.39 is 0 Å². The lowest BCUT2D eigenvalue weighted by molar-refractivity contribution is -0.139. The van der Waals surface area contributed by atoms with E-state index in [9.17, 15) is 4.79 Å². The molecule has 154 valence electrons. The summed E-state index contributed by atoms with van der Waals surface area (Å²) >= 11 is 0. The minimum absolute atomic E-state index is 0.319. The largest absolute Gasteiger partial charge is 0.497 e. The molecule has 0 atom stereocenters. The number of benzene rings is 2. The average Bonchev–Trinajstić information content (AvgIpc) is 2.75. The maximum atomic E-state index is 11.2. The maximum absolute atomic E-state index is 11.2. The first-order valence-electron chi connectivity index (χ1n) is 9.70. The highest BCUT2D eigenvalue weighted by atomic mass is 16.5. The van der Waals surface area contributed by atoms with E-state index in [2.05, 4.69) is 16.8 Å². The third-order valence-corrected chi connectivity index (χ3v) is 4.08. The van der Waals surface area contributed by atoms with Crippen molar-refractivity contribution in [3.05, 3.63) is 60.7 Å². The molecule has 6 heteroatoms. The molecule has 0 radical (unpaired) electrons. The fourth-order valence-corrected chi connectivity index (χ4v) is 2.41. The number of carbonyl (C=O) groups excluding carboxylic acids is 1. The van der Waals surface area contributed by atoms with Crippen molar-refractivity contribution in [2.24, 2.45) is 10.2 Å². The molecule has 0 heterocycles. The third kappa shape index (κ3) is 8.60. The standard InChI is InChI=1S/C23H28N2O4/c1-18(2)23(26)29-17-7-5-4-6-16-28-22-14-10-20(11-15-22)25-24-19-8-12-21(27-3)13-9-19/h8-15H,1,4-7,16-17H2,2-3H3/b25-24+. The summed E-state index contributed by atoms with van der Waals surface area (Å²) in [5.41, 5.74) is 1.96. The molecule has 0 saturated carbocycles. The van der Waals surface area contributed by atoms with Gasteiger partial charge in [-0.2, -0.15) is 10.2 Å². The van der Waals surface area contributed by atoms with Gasteiger partial charge in [-0.1, -0.05) is 6.58 Å². The second-order valence-electron chi connectivity index (χ2n) is 6.57. The van der Waals surface area contributed by atoms with Crippen LogP contribution in [0.4, 0.5) is 11.4 Å². The number of unbranched alkanes of at least 4 members (excludes halogenated alkanes) is 3. The average molecular weight is 396 g/mol. The van der Waals surface area contributed by atoms with Gasteiger partial charge >= 0.3 is 5.97 Å². The van der Waals surface area contributed by atoms with Crippen molar-refractivity contribution in [2.75, 3.05) is 20.3 Å². The summed E-state index contributed by atoms with van der Waals surface area (Å²) < 4.78 is 15.9. The molecular formula is C23H28N2O4. The van der Waals surface area contributed by atoms with Gasteiger partial charge in [0, 0.05) is 5.57 Å².